The Balaban J connectivity index is 1.48. The van der Waals surface area contributed by atoms with Crippen LogP contribution in [0.25, 0.3) is 0 Å². The molecule has 2 amide bonds. The smallest absolute Gasteiger partial charge is 0.251 e. The van der Waals surface area contributed by atoms with Crippen LogP contribution < -0.4 is 15.5 Å². The molecule has 0 spiro atoms. The van der Waals surface area contributed by atoms with Crippen molar-refractivity contribution >= 4 is 23.2 Å². The minimum atomic E-state index is -0.110. The first-order valence-electron chi connectivity index (χ1n) is 12.5. The van der Waals surface area contributed by atoms with E-state index < -0.39 is 0 Å². The summed E-state index contributed by atoms with van der Waals surface area (Å²) < 4.78 is 0. The fourth-order valence-corrected chi connectivity index (χ4v) is 4.81. The van der Waals surface area contributed by atoms with Crippen molar-refractivity contribution in [2.75, 3.05) is 43.9 Å². The van der Waals surface area contributed by atoms with E-state index in [2.05, 4.69) is 44.2 Å². The van der Waals surface area contributed by atoms with Gasteiger partial charge in [-0.05, 0) is 71.3 Å². The summed E-state index contributed by atoms with van der Waals surface area (Å²) in [6, 6.07) is 5.99. The number of piperidine rings is 1. The third-order valence-electron chi connectivity index (χ3n) is 7.26. The lowest BCUT2D eigenvalue weighted by atomic mass is 9.92. The molecule has 8 heteroatoms. The lowest BCUT2D eigenvalue weighted by Gasteiger charge is -2.34. The summed E-state index contributed by atoms with van der Waals surface area (Å²) >= 11 is 0. The number of carbonyl (C=O) groups is 2. The minimum absolute atomic E-state index is 0.0551. The number of aromatic nitrogens is 2. The van der Waals surface area contributed by atoms with E-state index >= 15 is 0 Å². The van der Waals surface area contributed by atoms with Crippen molar-refractivity contribution in [2.24, 2.45) is 5.92 Å². The van der Waals surface area contributed by atoms with Gasteiger partial charge in [-0.1, -0.05) is 6.92 Å². The van der Waals surface area contributed by atoms with E-state index in [1.807, 2.05) is 32.3 Å². The zero-order valence-electron chi connectivity index (χ0n) is 20.9. The van der Waals surface area contributed by atoms with Crippen LogP contribution in [0.1, 0.15) is 66.7 Å². The molecule has 1 aliphatic heterocycles. The van der Waals surface area contributed by atoms with E-state index in [4.69, 9.17) is 0 Å². The Morgan fingerprint density at radius 1 is 1.21 bits per heavy atom. The molecule has 1 aromatic carbocycles. The second-order valence-corrected chi connectivity index (χ2v) is 9.91. The number of nitrogens with one attached hydrogen (secondary N) is 3. The zero-order valence-corrected chi connectivity index (χ0v) is 20.9. The van der Waals surface area contributed by atoms with Crippen LogP contribution in [-0.2, 0) is 4.79 Å². The Morgan fingerprint density at radius 3 is 2.53 bits per heavy atom. The Bertz CT molecular complexity index is 1000. The second-order valence-electron chi connectivity index (χ2n) is 9.91. The molecule has 1 unspecified atom stereocenters. The maximum atomic E-state index is 12.9. The van der Waals surface area contributed by atoms with Crippen LogP contribution in [0.2, 0.25) is 0 Å². The van der Waals surface area contributed by atoms with Crippen LogP contribution >= 0.6 is 0 Å². The number of nitrogens with zero attached hydrogens (tertiary/aromatic N) is 3. The van der Waals surface area contributed by atoms with E-state index in [9.17, 15) is 9.59 Å². The third-order valence-corrected chi connectivity index (χ3v) is 7.26. The normalized spacial score (nSPS) is 17.6. The first kappa shape index (κ1) is 24.3. The summed E-state index contributed by atoms with van der Waals surface area (Å²) in [6.07, 6.45) is 6.63. The van der Waals surface area contributed by atoms with Crippen LogP contribution in [0.5, 0.6) is 0 Å². The van der Waals surface area contributed by atoms with E-state index in [-0.39, 0.29) is 23.8 Å². The molecule has 0 bridgehead atoms. The van der Waals surface area contributed by atoms with E-state index in [0.29, 0.717) is 18.0 Å². The number of anilines is 2. The predicted octanol–water partition coefficient (Wildman–Crippen LogP) is 3.52. The molecular weight excluding hydrogens is 428 g/mol. The summed E-state index contributed by atoms with van der Waals surface area (Å²) in [5, 5.41) is 6.18. The summed E-state index contributed by atoms with van der Waals surface area (Å²) in [5.74, 6) is 0.491. The number of amides is 2. The number of carbonyl (C=O) groups excluding carboxylic acids is 2. The molecule has 2 aliphatic rings. The lowest BCUT2D eigenvalue weighted by molar-refractivity contribution is -0.117. The SMILES string of the molecule is CCC(CNC(=O)c1ccc(N2CCC(c3nc[nH]c3C)CC2)c(NC(=O)C2CC2)c1)N(C)C. The van der Waals surface area contributed by atoms with Crippen molar-refractivity contribution in [2.45, 2.75) is 57.9 Å². The molecule has 8 nitrogen and oxygen atoms in total. The van der Waals surface area contributed by atoms with E-state index in [1.165, 1.54) is 0 Å². The molecule has 1 saturated heterocycles. The first-order valence-corrected chi connectivity index (χ1v) is 12.5. The number of hydrogen-bond donors (Lipinski definition) is 3. The second kappa shape index (κ2) is 10.6. The van der Waals surface area contributed by atoms with Gasteiger partial charge in [0.2, 0.25) is 5.91 Å². The van der Waals surface area contributed by atoms with E-state index in [1.54, 1.807) is 6.33 Å². The van der Waals surface area contributed by atoms with Crippen molar-refractivity contribution in [3.63, 3.8) is 0 Å². The average molecular weight is 467 g/mol. The number of rotatable bonds is 9. The number of hydrogen-bond acceptors (Lipinski definition) is 5. The number of H-pyrrole nitrogens is 1. The molecule has 1 aromatic heterocycles. The highest BCUT2D eigenvalue weighted by Crippen LogP contribution is 2.36. The van der Waals surface area contributed by atoms with Gasteiger partial charge < -0.3 is 25.4 Å². The molecule has 4 rings (SSSR count). The highest BCUT2D eigenvalue weighted by molar-refractivity contribution is 6.01. The average Bonchev–Trinajstić information content (AvgIpc) is 3.60. The van der Waals surface area contributed by atoms with Crippen molar-refractivity contribution in [1.29, 1.82) is 0 Å². The third kappa shape index (κ3) is 5.60. The molecule has 2 fully saturated rings. The van der Waals surface area contributed by atoms with Crippen LogP contribution in [0.3, 0.4) is 0 Å². The van der Waals surface area contributed by atoms with Crippen LogP contribution in [0.4, 0.5) is 11.4 Å². The highest BCUT2D eigenvalue weighted by atomic mass is 16.2. The molecule has 184 valence electrons. The van der Waals surface area contributed by atoms with Crippen LogP contribution in [0, 0.1) is 12.8 Å². The van der Waals surface area contributed by atoms with Gasteiger partial charge in [-0.2, -0.15) is 0 Å². The van der Waals surface area contributed by atoms with Crippen LogP contribution in [0.15, 0.2) is 24.5 Å². The van der Waals surface area contributed by atoms with Gasteiger partial charge in [0.25, 0.3) is 5.91 Å². The summed E-state index contributed by atoms with van der Waals surface area (Å²) in [7, 11) is 4.05. The van der Waals surface area contributed by atoms with Gasteiger partial charge in [0.15, 0.2) is 0 Å². The summed E-state index contributed by atoms with van der Waals surface area (Å²) in [6.45, 7) is 6.55. The van der Waals surface area contributed by atoms with Gasteiger partial charge in [0.1, 0.15) is 0 Å². The fourth-order valence-electron chi connectivity index (χ4n) is 4.81. The highest BCUT2D eigenvalue weighted by Gasteiger charge is 2.31. The predicted molar refractivity (Wildman–Crippen MR) is 135 cm³/mol. The molecule has 3 N–H and O–H groups in total. The minimum Gasteiger partial charge on any atom is -0.370 e. The van der Waals surface area contributed by atoms with Gasteiger partial charge in [-0.3, -0.25) is 9.59 Å². The molecule has 1 atom stereocenters. The topological polar surface area (TPSA) is 93.4 Å². The summed E-state index contributed by atoms with van der Waals surface area (Å²) in [5.41, 5.74) is 4.61. The maximum Gasteiger partial charge on any atom is 0.251 e. The number of aryl methyl sites for hydroxylation is 1. The maximum absolute atomic E-state index is 12.9. The van der Waals surface area contributed by atoms with Gasteiger partial charge in [-0.25, -0.2) is 4.98 Å². The van der Waals surface area contributed by atoms with Gasteiger partial charge in [0, 0.05) is 48.8 Å². The molecular formula is C26H38N6O2. The van der Waals surface area contributed by atoms with Crippen LogP contribution in [-0.4, -0.2) is 66.5 Å². The monoisotopic (exact) mass is 466 g/mol. The quantitative estimate of drug-likeness (QED) is 0.526. The van der Waals surface area contributed by atoms with Crippen molar-refractivity contribution < 1.29 is 9.59 Å². The number of likely N-dealkylation sites (N-methyl/N-ethyl adjacent to an activating group) is 1. The first-order chi connectivity index (χ1) is 16.4. The zero-order chi connectivity index (χ0) is 24.2. The molecule has 1 saturated carbocycles. The largest absolute Gasteiger partial charge is 0.370 e. The molecule has 34 heavy (non-hydrogen) atoms. The lowest BCUT2D eigenvalue weighted by Crippen LogP contribution is -2.39. The van der Waals surface area contributed by atoms with E-state index in [0.717, 1.165) is 68.0 Å². The molecule has 1 aliphatic carbocycles. The summed E-state index contributed by atoms with van der Waals surface area (Å²) in [4.78, 5) is 37.7. The number of benzene rings is 1. The molecule has 2 heterocycles. The number of aromatic amines is 1. The van der Waals surface area contributed by atoms with Crippen molar-refractivity contribution in [1.82, 2.24) is 20.2 Å². The van der Waals surface area contributed by atoms with Gasteiger partial charge in [0.05, 0.1) is 23.4 Å². The Morgan fingerprint density at radius 2 is 1.94 bits per heavy atom. The Kier molecular flexibility index (Phi) is 7.56. The van der Waals surface area contributed by atoms with Gasteiger partial charge in [-0.15, -0.1) is 0 Å². The van der Waals surface area contributed by atoms with Crippen molar-refractivity contribution in [3.8, 4) is 0 Å². The Labute approximate surface area is 202 Å². The number of imidazole rings is 1. The Hall–Kier alpha value is -2.87. The van der Waals surface area contributed by atoms with Gasteiger partial charge >= 0.3 is 0 Å². The standard InChI is InChI=1S/C26H38N6O2/c1-5-21(31(3)4)15-27-25(33)20-8-9-23(22(14-20)30-26(34)19-6-7-19)32-12-10-18(11-13-32)24-17(2)28-16-29-24/h8-9,14,16,18-19,21H,5-7,10-13,15H2,1-4H3,(H,27,33)(H,28,29)(H,30,34). The molecule has 0 radical (unpaired) electrons. The van der Waals surface area contributed by atoms with Crippen molar-refractivity contribution in [3.05, 3.63) is 41.5 Å². The fraction of sp³-hybridized carbons (Fsp3) is 0.577. The molecule has 2 aromatic rings.